The zero-order valence-electron chi connectivity index (χ0n) is 14.7. The molecule has 2 aromatic rings. The summed E-state index contributed by atoms with van der Waals surface area (Å²) in [5, 5.41) is 2.74. The Hall–Kier alpha value is -2.37. The zero-order chi connectivity index (χ0) is 17.8. The van der Waals surface area contributed by atoms with Crippen LogP contribution in [0.2, 0.25) is 0 Å². The Morgan fingerprint density at radius 3 is 2.35 bits per heavy atom. The molecule has 0 bridgehead atoms. The molecule has 2 amide bonds. The highest BCUT2D eigenvalue weighted by Crippen LogP contribution is 2.27. The van der Waals surface area contributed by atoms with Crippen LogP contribution in [0.4, 0.5) is 0 Å². The van der Waals surface area contributed by atoms with Crippen molar-refractivity contribution in [2.24, 2.45) is 5.73 Å². The zero-order valence-corrected chi connectivity index (χ0v) is 15.5. The van der Waals surface area contributed by atoms with E-state index >= 15 is 0 Å². The highest BCUT2D eigenvalue weighted by Gasteiger charge is 2.34. The van der Waals surface area contributed by atoms with Gasteiger partial charge in [-0.25, -0.2) is 0 Å². The second-order valence-corrected chi connectivity index (χ2v) is 6.50. The maximum absolute atomic E-state index is 12.7. The summed E-state index contributed by atoms with van der Waals surface area (Å²) < 4.78 is 0. The van der Waals surface area contributed by atoms with Crippen LogP contribution in [0, 0.1) is 0 Å². The molecule has 3 rings (SSSR count). The molecular weight excluding hydrogens is 350 g/mol. The van der Waals surface area contributed by atoms with E-state index in [2.05, 4.69) is 17.4 Å². The minimum Gasteiger partial charge on any atom is -0.352 e. The standard InChI is InChI=1S/C20H23N3O2.ClH/c1-14(24)22-11-15-7-9-17(10-8-15)20(25)23-12-18(19(21)13-23)16-5-3-2-4-6-16;/h2-10,18-19H,11-13,21H2,1H3,(H,22,24);1H/t18-,19+;/m0./s1. The molecule has 1 aliphatic heterocycles. The molecule has 0 radical (unpaired) electrons. The molecule has 1 aliphatic rings. The van der Waals surface area contributed by atoms with Gasteiger partial charge in [-0.05, 0) is 23.3 Å². The van der Waals surface area contributed by atoms with E-state index in [1.54, 1.807) is 12.1 Å². The monoisotopic (exact) mass is 373 g/mol. The maximum Gasteiger partial charge on any atom is 0.253 e. The summed E-state index contributed by atoms with van der Waals surface area (Å²) in [4.78, 5) is 25.5. The number of rotatable bonds is 4. The van der Waals surface area contributed by atoms with Gasteiger partial charge in [-0.2, -0.15) is 0 Å². The van der Waals surface area contributed by atoms with Crippen molar-refractivity contribution in [2.75, 3.05) is 13.1 Å². The molecule has 1 fully saturated rings. The van der Waals surface area contributed by atoms with E-state index in [1.165, 1.54) is 12.5 Å². The van der Waals surface area contributed by atoms with Crippen molar-refractivity contribution in [3.05, 3.63) is 71.3 Å². The van der Waals surface area contributed by atoms with E-state index in [4.69, 9.17) is 5.73 Å². The van der Waals surface area contributed by atoms with Crippen molar-refractivity contribution in [3.8, 4) is 0 Å². The van der Waals surface area contributed by atoms with Gasteiger partial charge in [-0.3, -0.25) is 9.59 Å². The SMILES string of the molecule is CC(=O)NCc1ccc(C(=O)N2C[C@@H](N)[C@H](c3ccccc3)C2)cc1.Cl. The minimum absolute atomic E-state index is 0. The summed E-state index contributed by atoms with van der Waals surface area (Å²) in [6.45, 7) is 3.15. The van der Waals surface area contributed by atoms with Crippen molar-refractivity contribution >= 4 is 24.2 Å². The summed E-state index contributed by atoms with van der Waals surface area (Å²) >= 11 is 0. The first-order valence-electron chi connectivity index (χ1n) is 8.48. The predicted molar refractivity (Wildman–Crippen MR) is 104 cm³/mol. The second-order valence-electron chi connectivity index (χ2n) is 6.50. The van der Waals surface area contributed by atoms with Gasteiger partial charge in [0.2, 0.25) is 5.91 Å². The number of benzene rings is 2. The number of amides is 2. The fourth-order valence-corrected chi connectivity index (χ4v) is 3.22. The molecular formula is C20H24ClN3O2. The molecule has 0 unspecified atom stereocenters. The van der Waals surface area contributed by atoms with Gasteiger partial charge in [0.1, 0.15) is 0 Å². The molecule has 2 atom stereocenters. The lowest BCUT2D eigenvalue weighted by Gasteiger charge is -2.17. The number of carbonyl (C=O) groups excluding carboxylic acids is 2. The number of likely N-dealkylation sites (tertiary alicyclic amines) is 1. The van der Waals surface area contributed by atoms with Crippen LogP contribution in [0.25, 0.3) is 0 Å². The van der Waals surface area contributed by atoms with E-state index in [1.807, 2.05) is 35.2 Å². The molecule has 6 heteroatoms. The summed E-state index contributed by atoms with van der Waals surface area (Å²) in [6.07, 6.45) is 0. The van der Waals surface area contributed by atoms with E-state index in [0.29, 0.717) is 25.2 Å². The van der Waals surface area contributed by atoms with Gasteiger partial charge < -0.3 is 16.0 Å². The highest BCUT2D eigenvalue weighted by atomic mass is 35.5. The quantitative estimate of drug-likeness (QED) is 0.863. The summed E-state index contributed by atoms with van der Waals surface area (Å²) in [5.74, 6) is 0.0994. The van der Waals surface area contributed by atoms with Gasteiger partial charge in [0.25, 0.3) is 5.91 Å². The van der Waals surface area contributed by atoms with Crippen LogP contribution >= 0.6 is 12.4 Å². The number of hydrogen-bond acceptors (Lipinski definition) is 3. The van der Waals surface area contributed by atoms with E-state index < -0.39 is 0 Å². The Morgan fingerprint density at radius 2 is 1.73 bits per heavy atom. The Labute approximate surface area is 160 Å². The number of halogens is 1. The molecule has 2 aromatic carbocycles. The lowest BCUT2D eigenvalue weighted by molar-refractivity contribution is -0.119. The first kappa shape index (κ1) is 19.9. The van der Waals surface area contributed by atoms with Gasteiger partial charge >= 0.3 is 0 Å². The van der Waals surface area contributed by atoms with E-state index in [0.717, 1.165) is 5.56 Å². The van der Waals surface area contributed by atoms with Gasteiger partial charge in [0.05, 0.1) is 0 Å². The third kappa shape index (κ3) is 4.62. The van der Waals surface area contributed by atoms with Crippen molar-refractivity contribution in [1.29, 1.82) is 0 Å². The van der Waals surface area contributed by atoms with Crippen LogP contribution in [0.1, 0.15) is 34.3 Å². The highest BCUT2D eigenvalue weighted by molar-refractivity contribution is 5.94. The average molecular weight is 374 g/mol. The molecule has 1 heterocycles. The van der Waals surface area contributed by atoms with Crippen LogP contribution in [0.5, 0.6) is 0 Å². The van der Waals surface area contributed by atoms with Crippen molar-refractivity contribution < 1.29 is 9.59 Å². The van der Waals surface area contributed by atoms with Crippen LogP contribution in [-0.4, -0.2) is 35.8 Å². The van der Waals surface area contributed by atoms with Crippen LogP contribution in [0.15, 0.2) is 54.6 Å². The first-order valence-corrected chi connectivity index (χ1v) is 8.48. The third-order valence-corrected chi connectivity index (χ3v) is 4.62. The lowest BCUT2D eigenvalue weighted by atomic mass is 9.95. The fourth-order valence-electron chi connectivity index (χ4n) is 3.22. The number of nitrogens with two attached hydrogens (primary N) is 1. The van der Waals surface area contributed by atoms with Crippen LogP contribution in [0.3, 0.4) is 0 Å². The molecule has 3 N–H and O–H groups in total. The van der Waals surface area contributed by atoms with Crippen molar-refractivity contribution in [3.63, 3.8) is 0 Å². The first-order chi connectivity index (χ1) is 12.0. The Bertz CT molecular complexity index is 749. The Morgan fingerprint density at radius 1 is 1.08 bits per heavy atom. The normalized spacial score (nSPS) is 18.9. The largest absolute Gasteiger partial charge is 0.352 e. The lowest BCUT2D eigenvalue weighted by Crippen LogP contribution is -2.32. The molecule has 138 valence electrons. The smallest absolute Gasteiger partial charge is 0.253 e. The second kappa shape index (κ2) is 8.83. The molecule has 1 saturated heterocycles. The van der Waals surface area contributed by atoms with Gasteiger partial charge in [-0.15, -0.1) is 12.4 Å². The van der Waals surface area contributed by atoms with Crippen molar-refractivity contribution in [2.45, 2.75) is 25.4 Å². The Kier molecular flexibility index (Phi) is 6.77. The minimum atomic E-state index is -0.0711. The molecule has 0 saturated carbocycles. The predicted octanol–water partition coefficient (Wildman–Crippen LogP) is 2.31. The van der Waals surface area contributed by atoms with Gasteiger partial charge in [0.15, 0.2) is 0 Å². The van der Waals surface area contributed by atoms with E-state index in [9.17, 15) is 9.59 Å². The molecule has 26 heavy (non-hydrogen) atoms. The molecule has 0 spiro atoms. The molecule has 5 nitrogen and oxygen atoms in total. The summed E-state index contributed by atoms with van der Waals surface area (Å²) in [7, 11) is 0. The fraction of sp³-hybridized carbons (Fsp3) is 0.300. The Balaban J connectivity index is 0.00000243. The summed E-state index contributed by atoms with van der Waals surface area (Å²) in [6, 6.07) is 17.4. The summed E-state index contributed by atoms with van der Waals surface area (Å²) in [5.41, 5.74) is 9.06. The molecule has 0 aromatic heterocycles. The van der Waals surface area contributed by atoms with Gasteiger partial charge in [-0.1, -0.05) is 42.5 Å². The van der Waals surface area contributed by atoms with E-state index in [-0.39, 0.29) is 36.2 Å². The number of carbonyl (C=O) groups is 2. The number of hydrogen-bond donors (Lipinski definition) is 2. The van der Waals surface area contributed by atoms with Gasteiger partial charge in [0, 0.05) is 44.1 Å². The molecule has 0 aliphatic carbocycles. The average Bonchev–Trinajstić information content (AvgIpc) is 3.02. The number of nitrogens with one attached hydrogen (secondary N) is 1. The number of nitrogens with zero attached hydrogens (tertiary/aromatic N) is 1. The van der Waals surface area contributed by atoms with Crippen LogP contribution in [-0.2, 0) is 11.3 Å². The topological polar surface area (TPSA) is 75.4 Å². The maximum atomic E-state index is 12.7. The van der Waals surface area contributed by atoms with Crippen LogP contribution < -0.4 is 11.1 Å². The van der Waals surface area contributed by atoms with Crippen molar-refractivity contribution in [1.82, 2.24) is 10.2 Å². The third-order valence-electron chi connectivity index (χ3n) is 4.62.